The Morgan fingerprint density at radius 1 is 1.11 bits per heavy atom. The molecule has 3 N–H and O–H groups in total. The minimum absolute atomic E-state index is 0. The van der Waals surface area contributed by atoms with Gasteiger partial charge in [0.1, 0.15) is 6.04 Å². The zero-order chi connectivity index (χ0) is 25.4. The molecule has 3 aromatic rings. The van der Waals surface area contributed by atoms with Crippen molar-refractivity contribution < 1.29 is 17.7 Å². The van der Waals surface area contributed by atoms with Crippen LogP contribution in [0, 0.1) is 5.41 Å². The first-order valence-electron chi connectivity index (χ1n) is 11.7. The third-order valence-electron chi connectivity index (χ3n) is 6.47. The van der Waals surface area contributed by atoms with Crippen molar-refractivity contribution in [3.8, 4) is 11.4 Å². The van der Waals surface area contributed by atoms with Gasteiger partial charge in [0.15, 0.2) is 5.96 Å². The summed E-state index contributed by atoms with van der Waals surface area (Å²) in [7, 11) is 0. The smallest absolute Gasteiger partial charge is 0.370 e. The molecule has 1 aliphatic heterocycles. The van der Waals surface area contributed by atoms with Crippen molar-refractivity contribution in [1.82, 2.24) is 15.0 Å². The molecule has 1 atom stereocenters. The molecule has 4 rings (SSSR count). The van der Waals surface area contributed by atoms with Gasteiger partial charge in [0.25, 0.3) is 0 Å². The molecule has 36 heavy (non-hydrogen) atoms. The first-order valence-corrected chi connectivity index (χ1v) is 11.7. The number of aryl methyl sites for hydroxylation is 2. The van der Waals surface area contributed by atoms with Gasteiger partial charge in [-0.2, -0.15) is 18.2 Å². The molecule has 0 amide bonds. The molecular formula is C26H31ClF3N5O. The van der Waals surface area contributed by atoms with Gasteiger partial charge in [-0.3, -0.25) is 5.41 Å². The van der Waals surface area contributed by atoms with Crippen LogP contribution in [0.25, 0.3) is 11.4 Å². The fourth-order valence-corrected chi connectivity index (χ4v) is 4.45. The Hall–Kier alpha value is -3.07. The average molecular weight is 522 g/mol. The van der Waals surface area contributed by atoms with E-state index in [4.69, 9.17) is 15.7 Å². The quantitative estimate of drug-likeness (QED) is 0.304. The predicted molar refractivity (Wildman–Crippen MR) is 135 cm³/mol. The fraction of sp³-hybridized carbons (Fsp3) is 0.423. The SMILES string of the molecule is CC(C)(C)c1ccc(CCc2ccc(-c3noc(C4CCCN4C(=N)N)n3)cc2C(F)(F)F)cc1.Cl. The maximum absolute atomic E-state index is 13.9. The summed E-state index contributed by atoms with van der Waals surface area (Å²) in [5.41, 5.74) is 7.58. The fourth-order valence-electron chi connectivity index (χ4n) is 4.45. The number of nitrogens with zero attached hydrogens (tertiary/aromatic N) is 3. The number of guanidine groups is 1. The van der Waals surface area contributed by atoms with Crippen LogP contribution in [0.5, 0.6) is 0 Å². The third kappa shape index (κ3) is 6.00. The molecule has 0 aliphatic carbocycles. The first-order chi connectivity index (χ1) is 16.4. The topological polar surface area (TPSA) is 92.0 Å². The summed E-state index contributed by atoms with van der Waals surface area (Å²) in [4.78, 5) is 5.98. The summed E-state index contributed by atoms with van der Waals surface area (Å²) >= 11 is 0. The number of hydrogen-bond donors (Lipinski definition) is 2. The van der Waals surface area contributed by atoms with E-state index in [2.05, 4.69) is 30.9 Å². The molecule has 2 heterocycles. The Kier molecular flexibility index (Phi) is 8.03. The van der Waals surface area contributed by atoms with Gasteiger partial charge in [-0.25, -0.2) is 0 Å². The summed E-state index contributed by atoms with van der Waals surface area (Å²) in [5.74, 6) is 0.248. The Morgan fingerprint density at radius 3 is 2.42 bits per heavy atom. The van der Waals surface area contributed by atoms with Gasteiger partial charge < -0.3 is 15.2 Å². The number of benzene rings is 2. The van der Waals surface area contributed by atoms with Crippen LogP contribution in [-0.2, 0) is 24.4 Å². The number of likely N-dealkylation sites (tertiary alicyclic amines) is 1. The van der Waals surface area contributed by atoms with E-state index in [9.17, 15) is 13.2 Å². The van der Waals surface area contributed by atoms with Gasteiger partial charge >= 0.3 is 6.18 Å². The van der Waals surface area contributed by atoms with E-state index in [0.717, 1.165) is 18.1 Å². The van der Waals surface area contributed by atoms with Crippen molar-refractivity contribution in [2.45, 2.75) is 64.1 Å². The van der Waals surface area contributed by atoms with Crippen molar-refractivity contribution in [2.75, 3.05) is 6.54 Å². The van der Waals surface area contributed by atoms with Crippen molar-refractivity contribution in [3.63, 3.8) is 0 Å². The lowest BCUT2D eigenvalue weighted by Crippen LogP contribution is -2.35. The molecule has 1 saturated heterocycles. The Labute approximate surface area is 215 Å². The van der Waals surface area contributed by atoms with Gasteiger partial charge in [-0.05, 0) is 53.9 Å². The van der Waals surface area contributed by atoms with Crippen LogP contribution in [0.1, 0.15) is 67.8 Å². The van der Waals surface area contributed by atoms with Gasteiger partial charge in [-0.1, -0.05) is 62.3 Å². The van der Waals surface area contributed by atoms with Gasteiger partial charge in [0.05, 0.1) is 5.56 Å². The van der Waals surface area contributed by atoms with Crippen molar-refractivity contribution in [2.24, 2.45) is 5.73 Å². The highest BCUT2D eigenvalue weighted by atomic mass is 35.5. The maximum atomic E-state index is 13.9. The lowest BCUT2D eigenvalue weighted by Gasteiger charge is -2.21. The summed E-state index contributed by atoms with van der Waals surface area (Å²) in [5, 5.41) is 11.6. The zero-order valence-corrected chi connectivity index (χ0v) is 21.3. The first kappa shape index (κ1) is 27.5. The molecule has 1 aliphatic rings. The molecule has 10 heteroatoms. The van der Waals surface area contributed by atoms with Gasteiger partial charge in [0.2, 0.25) is 11.7 Å². The Bertz CT molecular complexity index is 1200. The van der Waals surface area contributed by atoms with Crippen LogP contribution in [0.2, 0.25) is 0 Å². The molecule has 2 aromatic carbocycles. The lowest BCUT2D eigenvalue weighted by atomic mass is 9.86. The van der Waals surface area contributed by atoms with Gasteiger partial charge in [-0.15, -0.1) is 12.4 Å². The van der Waals surface area contributed by atoms with E-state index in [1.807, 2.05) is 24.3 Å². The normalized spacial score (nSPS) is 16.2. The second-order valence-electron chi connectivity index (χ2n) is 10.0. The standard InChI is InChI=1S/C26H30F3N5O.ClH/c1-25(2,3)19-12-7-16(8-13-19)6-9-17-10-11-18(15-20(17)26(27,28)29)22-32-23(35-33-22)21-5-4-14-34(21)24(30)31;/h7-8,10-13,15,21H,4-6,9,14H2,1-3H3,(H3,30,31);1H. The summed E-state index contributed by atoms with van der Waals surface area (Å²) < 4.78 is 47.2. The highest BCUT2D eigenvalue weighted by Gasteiger charge is 2.35. The lowest BCUT2D eigenvalue weighted by molar-refractivity contribution is -0.138. The molecule has 194 valence electrons. The highest BCUT2D eigenvalue weighted by Crippen LogP contribution is 2.36. The molecular weight excluding hydrogens is 491 g/mol. The van der Waals surface area contributed by atoms with Crippen LogP contribution < -0.4 is 5.73 Å². The van der Waals surface area contributed by atoms with E-state index < -0.39 is 11.7 Å². The average Bonchev–Trinajstić information content (AvgIpc) is 3.46. The Morgan fingerprint density at radius 2 is 1.81 bits per heavy atom. The second-order valence-corrected chi connectivity index (χ2v) is 10.0. The summed E-state index contributed by atoms with van der Waals surface area (Å²) in [6, 6.07) is 11.9. The number of nitrogens with one attached hydrogen (secondary N) is 1. The number of nitrogens with two attached hydrogens (primary N) is 1. The minimum atomic E-state index is -4.51. The molecule has 0 bridgehead atoms. The molecule has 6 nitrogen and oxygen atoms in total. The molecule has 1 aromatic heterocycles. The van der Waals surface area contributed by atoms with Crippen LogP contribution >= 0.6 is 12.4 Å². The largest absolute Gasteiger partial charge is 0.416 e. The molecule has 0 saturated carbocycles. The highest BCUT2D eigenvalue weighted by molar-refractivity contribution is 5.85. The van der Waals surface area contributed by atoms with Crippen LogP contribution in [0.3, 0.4) is 0 Å². The number of alkyl halides is 3. The molecule has 1 fully saturated rings. The van der Waals surface area contributed by atoms with Crippen LogP contribution in [0.15, 0.2) is 47.0 Å². The zero-order valence-electron chi connectivity index (χ0n) is 20.5. The van der Waals surface area contributed by atoms with E-state index in [-0.39, 0.29) is 59.1 Å². The van der Waals surface area contributed by atoms with Crippen molar-refractivity contribution in [3.05, 3.63) is 70.6 Å². The summed E-state index contributed by atoms with van der Waals surface area (Å²) in [6.07, 6.45) is -2.25. The number of hydrogen-bond acceptors (Lipinski definition) is 4. The van der Waals surface area contributed by atoms with Gasteiger partial charge in [0, 0.05) is 12.1 Å². The molecule has 0 radical (unpaired) electrons. The monoisotopic (exact) mass is 521 g/mol. The van der Waals surface area contributed by atoms with Crippen molar-refractivity contribution >= 4 is 18.4 Å². The number of halogens is 4. The second kappa shape index (κ2) is 10.5. The van der Waals surface area contributed by atoms with E-state index in [1.54, 1.807) is 11.0 Å². The molecule has 0 spiro atoms. The van der Waals surface area contributed by atoms with Crippen molar-refractivity contribution in [1.29, 1.82) is 5.41 Å². The maximum Gasteiger partial charge on any atom is 0.416 e. The van der Waals surface area contributed by atoms with E-state index in [1.165, 1.54) is 11.6 Å². The van der Waals surface area contributed by atoms with E-state index >= 15 is 0 Å². The number of rotatable bonds is 5. The third-order valence-corrected chi connectivity index (χ3v) is 6.47. The number of aromatic nitrogens is 2. The predicted octanol–water partition coefficient (Wildman–Crippen LogP) is 6.29. The molecule has 1 unspecified atom stereocenters. The minimum Gasteiger partial charge on any atom is -0.370 e. The van der Waals surface area contributed by atoms with Crippen LogP contribution in [-0.4, -0.2) is 27.5 Å². The Balaban J connectivity index is 0.00000361. The van der Waals surface area contributed by atoms with Crippen LogP contribution in [0.4, 0.5) is 13.2 Å². The summed E-state index contributed by atoms with van der Waals surface area (Å²) in [6.45, 7) is 6.97. The van der Waals surface area contributed by atoms with E-state index in [0.29, 0.717) is 19.4 Å².